The zero-order valence-electron chi connectivity index (χ0n) is 11.9. The van der Waals surface area contributed by atoms with Gasteiger partial charge in [-0.15, -0.1) is 0 Å². The Balaban J connectivity index is 1.86. The summed E-state index contributed by atoms with van der Waals surface area (Å²) in [5.41, 5.74) is 2.72. The van der Waals surface area contributed by atoms with Crippen molar-refractivity contribution in [2.45, 2.75) is 58.2 Å². The van der Waals surface area contributed by atoms with E-state index in [-0.39, 0.29) is 0 Å². The number of hydrogen-bond acceptors (Lipinski definition) is 2. The van der Waals surface area contributed by atoms with Crippen LogP contribution in [0.15, 0.2) is 24.3 Å². The van der Waals surface area contributed by atoms with Gasteiger partial charge in [-0.2, -0.15) is 0 Å². The highest BCUT2D eigenvalue weighted by atomic mass is 15.1. The van der Waals surface area contributed by atoms with Crippen LogP contribution in [0.25, 0.3) is 11.0 Å². The smallest absolute Gasteiger partial charge is 0.123 e. The SMILES string of the molecule is CCCn1c(CNC2(C)CCC2)nc2ccccc21. The summed E-state index contributed by atoms with van der Waals surface area (Å²) in [4.78, 5) is 4.79. The Bertz CT molecular complexity index is 566. The van der Waals surface area contributed by atoms with Gasteiger partial charge in [-0.3, -0.25) is 0 Å². The van der Waals surface area contributed by atoms with Gasteiger partial charge in [-0.05, 0) is 44.7 Å². The van der Waals surface area contributed by atoms with Crippen LogP contribution in [-0.4, -0.2) is 15.1 Å². The van der Waals surface area contributed by atoms with Gasteiger partial charge in [-0.1, -0.05) is 19.1 Å². The molecule has 1 fully saturated rings. The van der Waals surface area contributed by atoms with Crippen molar-refractivity contribution in [1.82, 2.24) is 14.9 Å². The largest absolute Gasteiger partial charge is 0.327 e. The monoisotopic (exact) mass is 257 g/mol. The molecule has 2 aromatic rings. The third-order valence-corrected chi connectivity index (χ3v) is 4.31. The van der Waals surface area contributed by atoms with Crippen LogP contribution < -0.4 is 5.32 Å². The van der Waals surface area contributed by atoms with Crippen LogP contribution in [-0.2, 0) is 13.1 Å². The topological polar surface area (TPSA) is 29.9 Å². The van der Waals surface area contributed by atoms with E-state index in [0.717, 1.165) is 25.0 Å². The van der Waals surface area contributed by atoms with Crippen molar-refractivity contribution in [2.75, 3.05) is 0 Å². The van der Waals surface area contributed by atoms with Gasteiger partial charge in [0.05, 0.1) is 17.6 Å². The highest BCUT2D eigenvalue weighted by Crippen LogP contribution is 2.31. The lowest BCUT2D eigenvalue weighted by atomic mass is 9.78. The molecule has 0 atom stereocenters. The lowest BCUT2D eigenvalue weighted by molar-refractivity contribution is 0.204. The zero-order valence-corrected chi connectivity index (χ0v) is 11.9. The lowest BCUT2D eigenvalue weighted by Gasteiger charge is -2.39. The third-order valence-electron chi connectivity index (χ3n) is 4.31. The highest BCUT2D eigenvalue weighted by molar-refractivity contribution is 5.75. The van der Waals surface area contributed by atoms with Crippen LogP contribution in [0.3, 0.4) is 0 Å². The van der Waals surface area contributed by atoms with Crippen LogP contribution in [0.5, 0.6) is 0 Å². The minimum Gasteiger partial charge on any atom is -0.327 e. The molecule has 0 bridgehead atoms. The van der Waals surface area contributed by atoms with Gasteiger partial charge in [0, 0.05) is 12.1 Å². The molecule has 3 nitrogen and oxygen atoms in total. The maximum absolute atomic E-state index is 4.79. The number of nitrogens with zero attached hydrogens (tertiary/aromatic N) is 2. The number of imidazole rings is 1. The molecule has 0 saturated heterocycles. The summed E-state index contributed by atoms with van der Waals surface area (Å²) in [6.45, 7) is 6.47. The summed E-state index contributed by atoms with van der Waals surface area (Å²) in [6.07, 6.45) is 5.08. The fourth-order valence-electron chi connectivity index (χ4n) is 2.91. The second-order valence-electron chi connectivity index (χ2n) is 5.94. The molecule has 1 N–H and O–H groups in total. The summed E-state index contributed by atoms with van der Waals surface area (Å²) in [7, 11) is 0. The number of aromatic nitrogens is 2. The van der Waals surface area contributed by atoms with E-state index >= 15 is 0 Å². The molecule has 0 amide bonds. The van der Waals surface area contributed by atoms with Gasteiger partial charge in [0.15, 0.2) is 0 Å². The molecule has 19 heavy (non-hydrogen) atoms. The van der Waals surface area contributed by atoms with Gasteiger partial charge in [0.1, 0.15) is 5.82 Å². The van der Waals surface area contributed by atoms with E-state index in [1.165, 1.54) is 30.6 Å². The number of hydrogen-bond donors (Lipinski definition) is 1. The Hall–Kier alpha value is -1.35. The summed E-state index contributed by atoms with van der Waals surface area (Å²) < 4.78 is 2.37. The van der Waals surface area contributed by atoms with Crippen molar-refractivity contribution < 1.29 is 0 Å². The van der Waals surface area contributed by atoms with E-state index in [1.807, 2.05) is 0 Å². The summed E-state index contributed by atoms with van der Waals surface area (Å²) >= 11 is 0. The van der Waals surface area contributed by atoms with E-state index in [9.17, 15) is 0 Å². The van der Waals surface area contributed by atoms with Crippen molar-refractivity contribution in [3.8, 4) is 0 Å². The third kappa shape index (κ3) is 2.39. The number of nitrogens with one attached hydrogen (secondary N) is 1. The van der Waals surface area contributed by atoms with Crippen LogP contribution in [0, 0.1) is 0 Å². The molecule has 1 aromatic heterocycles. The van der Waals surface area contributed by atoms with Gasteiger partial charge in [0.25, 0.3) is 0 Å². The quantitative estimate of drug-likeness (QED) is 0.888. The van der Waals surface area contributed by atoms with Crippen LogP contribution >= 0.6 is 0 Å². The summed E-state index contributed by atoms with van der Waals surface area (Å²) in [5.74, 6) is 1.18. The average Bonchev–Trinajstić information content (AvgIpc) is 2.73. The number of aryl methyl sites for hydroxylation is 1. The molecular formula is C16H23N3. The first-order valence-electron chi connectivity index (χ1n) is 7.41. The first kappa shape index (κ1) is 12.7. The predicted octanol–water partition coefficient (Wildman–Crippen LogP) is 3.48. The maximum atomic E-state index is 4.79. The first-order chi connectivity index (χ1) is 9.22. The molecule has 102 valence electrons. The standard InChI is InChI=1S/C16H23N3/c1-3-11-19-14-8-5-4-7-13(14)18-15(19)12-17-16(2)9-6-10-16/h4-5,7-8,17H,3,6,9-12H2,1-2H3. The van der Waals surface area contributed by atoms with E-state index in [4.69, 9.17) is 4.98 Å². The second kappa shape index (κ2) is 4.97. The van der Waals surface area contributed by atoms with Crippen LogP contribution in [0.2, 0.25) is 0 Å². The van der Waals surface area contributed by atoms with Crippen molar-refractivity contribution in [3.63, 3.8) is 0 Å². The Morgan fingerprint density at radius 3 is 2.79 bits per heavy atom. The number of benzene rings is 1. The Morgan fingerprint density at radius 1 is 1.32 bits per heavy atom. The molecule has 1 heterocycles. The molecule has 1 saturated carbocycles. The lowest BCUT2D eigenvalue weighted by Crippen LogP contribution is -2.47. The molecule has 0 radical (unpaired) electrons. The summed E-state index contributed by atoms with van der Waals surface area (Å²) in [6, 6.07) is 8.44. The zero-order chi connectivity index (χ0) is 13.3. The number of rotatable bonds is 5. The molecule has 1 aromatic carbocycles. The van der Waals surface area contributed by atoms with Gasteiger partial charge in [0.2, 0.25) is 0 Å². The van der Waals surface area contributed by atoms with Gasteiger partial charge < -0.3 is 9.88 Å². The Morgan fingerprint density at radius 2 is 2.11 bits per heavy atom. The van der Waals surface area contributed by atoms with Crippen molar-refractivity contribution in [2.24, 2.45) is 0 Å². The van der Waals surface area contributed by atoms with Crippen molar-refractivity contribution >= 4 is 11.0 Å². The van der Waals surface area contributed by atoms with Gasteiger partial charge in [-0.25, -0.2) is 4.98 Å². The molecule has 1 aliphatic rings. The minimum absolute atomic E-state index is 0.342. The Labute approximate surface area is 115 Å². The van der Waals surface area contributed by atoms with Crippen molar-refractivity contribution in [3.05, 3.63) is 30.1 Å². The van der Waals surface area contributed by atoms with E-state index in [1.54, 1.807) is 0 Å². The number of para-hydroxylation sites is 2. The molecule has 3 rings (SSSR count). The maximum Gasteiger partial charge on any atom is 0.123 e. The summed E-state index contributed by atoms with van der Waals surface area (Å²) in [5, 5.41) is 3.69. The van der Waals surface area contributed by atoms with E-state index in [2.05, 4.69) is 48.0 Å². The molecule has 1 aliphatic carbocycles. The molecule has 0 unspecified atom stereocenters. The number of fused-ring (bicyclic) bond motifs is 1. The minimum atomic E-state index is 0.342. The normalized spacial score (nSPS) is 17.6. The second-order valence-corrected chi connectivity index (χ2v) is 5.94. The Kier molecular flexibility index (Phi) is 3.31. The molecule has 3 heteroatoms. The van der Waals surface area contributed by atoms with E-state index in [0.29, 0.717) is 5.54 Å². The molecule has 0 spiro atoms. The predicted molar refractivity (Wildman–Crippen MR) is 79.1 cm³/mol. The van der Waals surface area contributed by atoms with E-state index < -0.39 is 0 Å². The molecule has 0 aliphatic heterocycles. The first-order valence-corrected chi connectivity index (χ1v) is 7.41. The fourth-order valence-corrected chi connectivity index (χ4v) is 2.91. The molecular weight excluding hydrogens is 234 g/mol. The van der Waals surface area contributed by atoms with Crippen molar-refractivity contribution in [1.29, 1.82) is 0 Å². The van der Waals surface area contributed by atoms with Crippen LogP contribution in [0.1, 0.15) is 45.4 Å². The van der Waals surface area contributed by atoms with Gasteiger partial charge >= 0.3 is 0 Å². The highest BCUT2D eigenvalue weighted by Gasteiger charge is 2.31. The average molecular weight is 257 g/mol. The van der Waals surface area contributed by atoms with Crippen LogP contribution in [0.4, 0.5) is 0 Å². The fraction of sp³-hybridized carbons (Fsp3) is 0.562.